The van der Waals surface area contributed by atoms with E-state index in [4.69, 9.17) is 4.74 Å². The minimum atomic E-state index is -0.723. The molecule has 2 aliphatic carbocycles. The van der Waals surface area contributed by atoms with E-state index in [1.54, 1.807) is 12.1 Å². The minimum absolute atomic E-state index is 0.0199. The van der Waals surface area contributed by atoms with Gasteiger partial charge in [0.15, 0.2) is 23.1 Å². The van der Waals surface area contributed by atoms with Crippen LogP contribution in [0.15, 0.2) is 65.6 Å². The third kappa shape index (κ3) is 4.23. The van der Waals surface area contributed by atoms with Crippen LogP contribution in [0.1, 0.15) is 66.3 Å². The summed E-state index contributed by atoms with van der Waals surface area (Å²) in [6, 6.07) is 13.3. The van der Waals surface area contributed by atoms with Gasteiger partial charge in [-0.2, -0.15) is 0 Å². The molecule has 0 saturated carbocycles. The van der Waals surface area contributed by atoms with Crippen molar-refractivity contribution in [3.63, 3.8) is 0 Å². The van der Waals surface area contributed by atoms with E-state index in [9.17, 15) is 9.59 Å². The summed E-state index contributed by atoms with van der Waals surface area (Å²) in [6.45, 7) is 10.6. The van der Waals surface area contributed by atoms with E-state index in [2.05, 4.69) is 48.1 Å². The van der Waals surface area contributed by atoms with Crippen LogP contribution < -0.4 is 15.0 Å². The van der Waals surface area contributed by atoms with Crippen LogP contribution in [0.4, 0.5) is 5.69 Å². The molecule has 0 bridgehead atoms. The molecule has 2 aromatic carbocycles. The molecule has 1 unspecified atom stereocenters. The normalized spacial score (nSPS) is 20.9. The van der Waals surface area contributed by atoms with Gasteiger partial charge in [0.1, 0.15) is 5.92 Å². The van der Waals surface area contributed by atoms with Gasteiger partial charge in [0.25, 0.3) is 0 Å². The van der Waals surface area contributed by atoms with Crippen LogP contribution in [0.3, 0.4) is 0 Å². The highest BCUT2D eigenvalue weighted by molar-refractivity contribution is 6.32. The number of carbonyl (C=O) groups is 2. The Balaban J connectivity index is 1.39. The fourth-order valence-corrected chi connectivity index (χ4v) is 5.78. The van der Waals surface area contributed by atoms with Gasteiger partial charge in [-0.25, -0.2) is 4.99 Å². The van der Waals surface area contributed by atoms with Gasteiger partial charge in [-0.05, 0) is 55.9 Å². The van der Waals surface area contributed by atoms with E-state index in [0.29, 0.717) is 33.9 Å². The number of Topliss-reactive ketones (excluding diaryl/α,β-unsaturated/α-hetero) is 2. The number of ether oxygens (including phenoxy) is 1. The SMILES string of the molecule is CC(C)(C)c1ccc2c(c1)OC1=CC(NCCCN3CCCC3)=C3C(=O)c4ccccc4C(=O)C3C1=[NH+]2. The Hall–Kier alpha value is -3.51. The summed E-state index contributed by atoms with van der Waals surface area (Å²) in [5.41, 5.74) is 4.74. The van der Waals surface area contributed by atoms with Gasteiger partial charge in [0.05, 0.1) is 0 Å². The van der Waals surface area contributed by atoms with Crippen LogP contribution in [-0.4, -0.2) is 48.4 Å². The summed E-state index contributed by atoms with van der Waals surface area (Å²) < 4.78 is 6.43. The standard InChI is InChI=1S/C31H33N3O3/c1-31(2,3)19-11-12-22-24(17-19)37-25-18-23(32-13-8-16-34-14-6-7-15-34)26-27(28(25)33-22)30(36)21-10-5-4-9-20(21)29(26)35/h4-5,9-12,17-18,27,32H,6-8,13-16H2,1-3H3/p+1. The molecule has 2 aliphatic heterocycles. The molecule has 1 saturated heterocycles. The maximum absolute atomic E-state index is 13.8. The summed E-state index contributed by atoms with van der Waals surface area (Å²) in [5, 5.41) is 3.50. The average molecular weight is 497 g/mol. The molecule has 190 valence electrons. The van der Waals surface area contributed by atoms with Gasteiger partial charge in [0, 0.05) is 41.1 Å². The maximum Gasteiger partial charge on any atom is 0.246 e. The molecule has 6 rings (SSSR count). The van der Waals surface area contributed by atoms with Crippen LogP contribution >= 0.6 is 0 Å². The van der Waals surface area contributed by atoms with Crippen molar-refractivity contribution in [1.29, 1.82) is 0 Å². The first-order valence-electron chi connectivity index (χ1n) is 13.4. The number of rotatable bonds is 5. The molecule has 2 heterocycles. The van der Waals surface area contributed by atoms with Crippen molar-refractivity contribution in [2.75, 3.05) is 26.2 Å². The van der Waals surface area contributed by atoms with Crippen molar-refractivity contribution in [2.45, 2.75) is 45.4 Å². The Kier molecular flexibility index (Phi) is 5.87. The topological polar surface area (TPSA) is 72.6 Å². The number of hydrogen-bond donors (Lipinski definition) is 2. The number of fused-ring (bicyclic) bond motifs is 5. The number of nitrogens with one attached hydrogen (secondary N) is 2. The average Bonchev–Trinajstić information content (AvgIpc) is 3.41. The van der Waals surface area contributed by atoms with Crippen molar-refractivity contribution in [2.24, 2.45) is 5.92 Å². The first kappa shape index (κ1) is 23.9. The summed E-state index contributed by atoms with van der Waals surface area (Å²) in [7, 11) is 0. The van der Waals surface area contributed by atoms with Crippen LogP contribution in [0, 0.1) is 5.92 Å². The lowest BCUT2D eigenvalue weighted by atomic mass is 9.72. The Morgan fingerprint density at radius 3 is 2.57 bits per heavy atom. The fourth-order valence-electron chi connectivity index (χ4n) is 5.78. The van der Waals surface area contributed by atoms with Crippen molar-refractivity contribution in [3.05, 3.63) is 82.3 Å². The third-order valence-corrected chi connectivity index (χ3v) is 7.85. The predicted molar refractivity (Wildman–Crippen MR) is 143 cm³/mol. The van der Waals surface area contributed by atoms with Crippen molar-refractivity contribution >= 4 is 23.0 Å². The van der Waals surface area contributed by atoms with E-state index < -0.39 is 5.92 Å². The first-order chi connectivity index (χ1) is 17.8. The zero-order valence-electron chi connectivity index (χ0n) is 21.8. The largest absolute Gasteiger partial charge is 0.444 e. The summed E-state index contributed by atoms with van der Waals surface area (Å²) in [4.78, 5) is 33.5. The molecule has 2 N–H and O–H groups in total. The van der Waals surface area contributed by atoms with Crippen molar-refractivity contribution < 1.29 is 19.3 Å². The number of carbonyl (C=O) groups excluding carboxylic acids is 2. The second-order valence-electron chi connectivity index (χ2n) is 11.4. The van der Waals surface area contributed by atoms with E-state index in [-0.39, 0.29) is 17.0 Å². The molecule has 0 amide bonds. The highest BCUT2D eigenvalue weighted by Crippen LogP contribution is 2.39. The molecular weight excluding hydrogens is 462 g/mol. The minimum Gasteiger partial charge on any atom is -0.444 e. The number of benzene rings is 2. The number of ketones is 2. The Labute approximate surface area is 218 Å². The van der Waals surface area contributed by atoms with Crippen LogP contribution in [-0.2, 0) is 5.41 Å². The maximum atomic E-state index is 13.8. The predicted octanol–water partition coefficient (Wildman–Crippen LogP) is 3.45. The Bertz CT molecular complexity index is 1390. The molecule has 6 heteroatoms. The lowest BCUT2D eigenvalue weighted by molar-refractivity contribution is -0.361. The van der Waals surface area contributed by atoms with Crippen LogP contribution in [0.2, 0.25) is 0 Å². The highest BCUT2D eigenvalue weighted by Gasteiger charge is 2.49. The zero-order chi connectivity index (χ0) is 25.7. The van der Waals surface area contributed by atoms with E-state index in [1.807, 2.05) is 24.3 Å². The molecule has 1 fully saturated rings. The van der Waals surface area contributed by atoms with E-state index in [0.717, 1.165) is 44.0 Å². The lowest BCUT2D eigenvalue weighted by Crippen LogP contribution is -2.72. The van der Waals surface area contributed by atoms with E-state index in [1.165, 1.54) is 18.4 Å². The Morgan fingerprint density at radius 1 is 1.05 bits per heavy atom. The van der Waals surface area contributed by atoms with Gasteiger partial charge < -0.3 is 15.0 Å². The molecule has 0 spiro atoms. The number of nitrogens with zero attached hydrogens (tertiary/aromatic N) is 1. The molecule has 1 atom stereocenters. The molecule has 37 heavy (non-hydrogen) atoms. The van der Waals surface area contributed by atoms with Gasteiger partial charge in [-0.1, -0.05) is 51.1 Å². The second-order valence-corrected chi connectivity index (χ2v) is 11.4. The summed E-state index contributed by atoms with van der Waals surface area (Å²) in [5.74, 6) is 0.428. The van der Waals surface area contributed by atoms with Crippen LogP contribution in [0.5, 0.6) is 5.75 Å². The molecule has 4 aliphatic rings. The van der Waals surface area contributed by atoms with Crippen molar-refractivity contribution in [3.8, 4) is 5.75 Å². The number of likely N-dealkylation sites (tertiary alicyclic amines) is 1. The van der Waals surface area contributed by atoms with Gasteiger partial charge in [-0.3, -0.25) is 9.59 Å². The summed E-state index contributed by atoms with van der Waals surface area (Å²) in [6.07, 6.45) is 5.41. The second kappa shape index (κ2) is 9.10. The smallest absolute Gasteiger partial charge is 0.246 e. The number of allylic oxidation sites excluding steroid dienone is 3. The number of hydrogen-bond acceptors (Lipinski definition) is 5. The van der Waals surface area contributed by atoms with Gasteiger partial charge in [0.2, 0.25) is 11.4 Å². The quantitative estimate of drug-likeness (QED) is 0.621. The molecule has 2 aromatic rings. The molecule has 0 radical (unpaired) electrons. The summed E-state index contributed by atoms with van der Waals surface area (Å²) >= 11 is 0. The van der Waals surface area contributed by atoms with E-state index >= 15 is 0 Å². The highest BCUT2D eigenvalue weighted by atomic mass is 16.5. The fraction of sp³-hybridized carbons (Fsp3) is 0.387. The monoisotopic (exact) mass is 496 g/mol. The Morgan fingerprint density at radius 2 is 1.81 bits per heavy atom. The molecule has 6 nitrogen and oxygen atoms in total. The third-order valence-electron chi connectivity index (χ3n) is 7.85. The van der Waals surface area contributed by atoms with Crippen molar-refractivity contribution in [1.82, 2.24) is 10.2 Å². The lowest BCUT2D eigenvalue weighted by Gasteiger charge is -2.31. The van der Waals surface area contributed by atoms with Gasteiger partial charge >= 0.3 is 0 Å². The van der Waals surface area contributed by atoms with Crippen LogP contribution in [0.25, 0.3) is 0 Å². The molecular formula is C31H34N3O3+. The molecule has 0 aromatic heterocycles. The first-order valence-corrected chi connectivity index (χ1v) is 13.4. The zero-order valence-corrected chi connectivity index (χ0v) is 21.8. The van der Waals surface area contributed by atoms with Gasteiger partial charge in [-0.15, -0.1) is 0 Å².